The Hall–Kier alpha value is -4.94. The van der Waals surface area contributed by atoms with Gasteiger partial charge < -0.3 is 0 Å². The van der Waals surface area contributed by atoms with Crippen LogP contribution < -0.4 is 0 Å². The average Bonchev–Trinajstić information content (AvgIpc) is 4.22. The quantitative estimate of drug-likeness (QED) is 0.0651. The molecule has 3 atom stereocenters. The van der Waals surface area contributed by atoms with Gasteiger partial charge in [-0.25, -0.2) is 0 Å². The number of unbranched alkanes of at least 4 members (excludes halogenated alkanes) is 1. The Bertz CT molecular complexity index is 2560. The Balaban J connectivity index is 0.000000601. The van der Waals surface area contributed by atoms with Gasteiger partial charge in [0.15, 0.2) is 0 Å². The summed E-state index contributed by atoms with van der Waals surface area (Å²) < 4.78 is 0. The molecule has 386 valence electrons. The summed E-state index contributed by atoms with van der Waals surface area (Å²) in [5.41, 5.74) is 18.3. The number of aryl methyl sites for hydroxylation is 5. The summed E-state index contributed by atoms with van der Waals surface area (Å²) in [7, 11) is 0. The van der Waals surface area contributed by atoms with Crippen LogP contribution in [0.15, 0.2) is 128 Å². The van der Waals surface area contributed by atoms with Crippen LogP contribution in [0.25, 0.3) is 38.4 Å². The predicted molar refractivity (Wildman–Crippen MR) is 328 cm³/mol. The monoisotopic (exact) mass is 955 g/mol. The third kappa shape index (κ3) is 15.8. The first-order chi connectivity index (χ1) is 34.7. The number of hydrogen-bond donors (Lipinski definition) is 0. The average molecular weight is 956 g/mol. The van der Waals surface area contributed by atoms with Gasteiger partial charge in [0.2, 0.25) is 0 Å². The van der Waals surface area contributed by atoms with E-state index in [1.165, 1.54) is 123 Å². The fourth-order valence-corrected chi connectivity index (χ4v) is 10.6. The molecule has 0 heteroatoms. The molecule has 71 heavy (non-hydrogen) atoms. The molecule has 0 amide bonds. The van der Waals surface area contributed by atoms with Gasteiger partial charge in [-0.2, -0.15) is 0 Å². The number of benzene rings is 6. The molecule has 0 spiro atoms. The maximum absolute atomic E-state index is 4.08. The van der Waals surface area contributed by atoms with E-state index in [0.29, 0.717) is 17.8 Å². The summed E-state index contributed by atoms with van der Waals surface area (Å²) in [5, 5.41) is 8.76. The van der Waals surface area contributed by atoms with Gasteiger partial charge in [0.1, 0.15) is 0 Å². The zero-order valence-corrected chi connectivity index (χ0v) is 48.6. The number of rotatable bonds is 12. The third-order valence-corrected chi connectivity index (χ3v) is 14.7. The molecule has 0 nitrogen and oxygen atoms in total. The van der Waals surface area contributed by atoms with Crippen molar-refractivity contribution in [2.75, 3.05) is 0 Å². The molecule has 0 radical (unpaired) electrons. The van der Waals surface area contributed by atoms with Crippen LogP contribution in [-0.4, -0.2) is 0 Å². The zero-order valence-electron chi connectivity index (χ0n) is 48.6. The minimum atomic E-state index is 0.374. The molecule has 6 aromatic rings. The summed E-state index contributed by atoms with van der Waals surface area (Å²) in [6, 6.07) is 29.4. The summed E-state index contributed by atoms with van der Waals surface area (Å²) in [4.78, 5) is 0. The molecule has 0 N–H and O–H groups in total. The summed E-state index contributed by atoms with van der Waals surface area (Å²) >= 11 is 0. The van der Waals surface area contributed by atoms with Crippen molar-refractivity contribution in [3.8, 4) is 0 Å². The molecular weight excluding hydrogens is 853 g/mol. The Kier molecular flexibility index (Phi) is 29.5. The number of hydrogen-bond acceptors (Lipinski definition) is 0. The molecule has 3 aliphatic carbocycles. The van der Waals surface area contributed by atoms with Crippen LogP contribution in [0.4, 0.5) is 0 Å². The highest BCUT2D eigenvalue weighted by atomic mass is 14.3. The Morgan fingerprint density at radius 1 is 0.521 bits per heavy atom. The van der Waals surface area contributed by atoms with E-state index in [1.807, 2.05) is 81.4 Å². The van der Waals surface area contributed by atoms with Crippen molar-refractivity contribution in [1.82, 2.24) is 0 Å². The number of allylic oxidation sites excluding steroid dienone is 6. The van der Waals surface area contributed by atoms with Crippen LogP contribution in [0.5, 0.6) is 0 Å². The molecule has 0 saturated carbocycles. The van der Waals surface area contributed by atoms with Crippen LogP contribution >= 0.6 is 0 Å². The van der Waals surface area contributed by atoms with Crippen molar-refractivity contribution in [3.05, 3.63) is 184 Å². The Morgan fingerprint density at radius 3 is 1.52 bits per heavy atom. The van der Waals surface area contributed by atoms with Gasteiger partial charge in [0.25, 0.3) is 0 Å². The first-order valence-electron chi connectivity index (χ1n) is 28.7. The summed E-state index contributed by atoms with van der Waals surface area (Å²) in [5.74, 6) is 1.38. The second-order valence-electron chi connectivity index (χ2n) is 18.7. The Labute approximate surface area is 438 Å². The molecule has 0 bridgehead atoms. The highest BCUT2D eigenvalue weighted by molar-refractivity contribution is 6.26. The van der Waals surface area contributed by atoms with Gasteiger partial charge in [-0.3, -0.25) is 0 Å². The lowest BCUT2D eigenvalue weighted by Crippen LogP contribution is -2.07. The fourth-order valence-electron chi connectivity index (χ4n) is 10.6. The van der Waals surface area contributed by atoms with E-state index >= 15 is 0 Å². The minimum absolute atomic E-state index is 0.374. The van der Waals surface area contributed by atoms with Crippen molar-refractivity contribution >= 4 is 38.4 Å². The first kappa shape index (κ1) is 62.2. The lowest BCUT2D eigenvalue weighted by molar-refractivity contribution is 0.669. The fraction of sp³-hybridized carbons (Fsp3) is 0.465. The van der Waals surface area contributed by atoms with Gasteiger partial charge in [0, 0.05) is 5.92 Å². The lowest BCUT2D eigenvalue weighted by atomic mass is 9.77. The molecule has 0 fully saturated rings. The van der Waals surface area contributed by atoms with E-state index in [2.05, 4.69) is 152 Å². The van der Waals surface area contributed by atoms with E-state index in [1.54, 1.807) is 33.4 Å². The van der Waals surface area contributed by atoms with Crippen LogP contribution in [0.2, 0.25) is 0 Å². The van der Waals surface area contributed by atoms with Gasteiger partial charge in [0.05, 0.1) is 0 Å². The van der Waals surface area contributed by atoms with E-state index in [4.69, 9.17) is 0 Å². The van der Waals surface area contributed by atoms with Crippen molar-refractivity contribution in [2.24, 2.45) is 0 Å². The second kappa shape index (κ2) is 33.7. The van der Waals surface area contributed by atoms with Gasteiger partial charge in [-0.05, 0) is 217 Å². The standard InChI is InChI=1S/C47H54.C10H12.C4H8.4C2H6.C2H4/c1-7-10-11-18-38(36-22-20-34-16-13-17-35(34)27-36)45-29-44(31(5)9-3)41-24-23-39-37(21-19-33-15-12-14-32(33)6)28-43(30(4)8-2)40-25-26-42(45)47(41)46(39)40;1-8-5-6-9-3-2-4-10(9)7-8;1-3-4-2;5*1-2/h7,19-31,38H,1,8-18H2,2-6H3;5-7H,2-4H2,1H3;3-4H,1-2H3;4*1-2H3;1-2H2/b21-19-;;4-3-;;;;;. The maximum Gasteiger partial charge on any atom is 0.00958 e. The summed E-state index contributed by atoms with van der Waals surface area (Å²) in [6.07, 6.45) is 28.1. The maximum atomic E-state index is 4.08. The van der Waals surface area contributed by atoms with Gasteiger partial charge in [-0.15, -0.1) is 19.7 Å². The molecule has 3 aliphatic rings. The highest BCUT2D eigenvalue weighted by Gasteiger charge is 2.26. The van der Waals surface area contributed by atoms with Crippen LogP contribution in [0.1, 0.15) is 241 Å². The molecule has 3 unspecified atom stereocenters. The molecule has 9 rings (SSSR count). The Morgan fingerprint density at radius 2 is 1.00 bits per heavy atom. The molecule has 0 aromatic heterocycles. The van der Waals surface area contributed by atoms with Crippen LogP contribution in [-0.2, 0) is 25.7 Å². The second-order valence-corrected chi connectivity index (χ2v) is 18.7. The van der Waals surface area contributed by atoms with Crippen LogP contribution in [0.3, 0.4) is 0 Å². The van der Waals surface area contributed by atoms with E-state index in [9.17, 15) is 0 Å². The minimum Gasteiger partial charge on any atom is -0.106 e. The van der Waals surface area contributed by atoms with Crippen molar-refractivity contribution < 1.29 is 0 Å². The lowest BCUT2D eigenvalue weighted by Gasteiger charge is -2.27. The molecule has 0 saturated heterocycles. The normalized spacial score (nSPS) is 14.4. The molecule has 0 heterocycles. The molecule has 0 aliphatic heterocycles. The van der Waals surface area contributed by atoms with Gasteiger partial charge in [-0.1, -0.05) is 197 Å². The topological polar surface area (TPSA) is 0 Å². The van der Waals surface area contributed by atoms with E-state index in [-0.39, 0.29) is 0 Å². The largest absolute Gasteiger partial charge is 0.106 e. The zero-order chi connectivity index (χ0) is 53.0. The summed E-state index contributed by atoms with van der Waals surface area (Å²) in [6.45, 7) is 44.1. The SMILES string of the molecule is C/C=C\C.C=C.C=CCCCC(c1ccc2c(c1)CCC2)c1cc(C(C)CC)c2ccc3c(/C=C\C4=C(C)CCC4)cc(C(C)CC)c4ccc1c2c34.CC.CC.CC.CC.Cc1ccc2c(c1)CCC2. The smallest absolute Gasteiger partial charge is 0.00958 e. The molecule has 6 aromatic carbocycles. The highest BCUT2D eigenvalue weighted by Crippen LogP contribution is 2.47. The van der Waals surface area contributed by atoms with Gasteiger partial charge >= 0.3 is 0 Å². The van der Waals surface area contributed by atoms with Crippen molar-refractivity contribution in [2.45, 2.75) is 218 Å². The molecular formula is C71H102. The van der Waals surface area contributed by atoms with Crippen molar-refractivity contribution in [1.29, 1.82) is 0 Å². The van der Waals surface area contributed by atoms with E-state index < -0.39 is 0 Å². The van der Waals surface area contributed by atoms with Crippen molar-refractivity contribution in [3.63, 3.8) is 0 Å². The van der Waals surface area contributed by atoms with Crippen LogP contribution in [0, 0.1) is 6.92 Å². The van der Waals surface area contributed by atoms with E-state index in [0.717, 1.165) is 32.1 Å². The predicted octanol–water partition coefficient (Wildman–Crippen LogP) is 23.1. The third-order valence-electron chi connectivity index (χ3n) is 14.7. The number of fused-ring (bicyclic) bond motifs is 2. The first-order valence-corrected chi connectivity index (χ1v) is 28.7.